The van der Waals surface area contributed by atoms with Gasteiger partial charge in [-0.2, -0.15) is 5.10 Å². The number of nitrogen functional groups attached to an aromatic ring is 1. The van der Waals surface area contributed by atoms with Gasteiger partial charge in [0.2, 0.25) is 15.7 Å². The molecule has 1 amide bonds. The van der Waals surface area contributed by atoms with E-state index in [1.54, 1.807) is 24.5 Å². The lowest BCUT2D eigenvalue weighted by Gasteiger charge is -2.08. The summed E-state index contributed by atoms with van der Waals surface area (Å²) < 4.78 is 32.6. The van der Waals surface area contributed by atoms with Crippen molar-refractivity contribution in [3.63, 3.8) is 0 Å². The average Bonchev–Trinajstić information content (AvgIpc) is 3.04. The fraction of sp³-hybridized carbons (Fsp3) is 0.200. The van der Waals surface area contributed by atoms with Crippen molar-refractivity contribution in [2.24, 2.45) is 0 Å². The number of aryl methyl sites for hydroxylation is 1. The van der Waals surface area contributed by atoms with E-state index in [9.17, 15) is 13.2 Å². The highest BCUT2D eigenvalue weighted by atomic mass is 32.2. The second kappa shape index (κ2) is 8.80. The van der Waals surface area contributed by atoms with Crippen LogP contribution in [0.15, 0.2) is 63.3 Å². The third-order valence-corrected chi connectivity index (χ3v) is 6.98. The number of nitrogens with one attached hydrogen (secondary N) is 1. The highest BCUT2D eigenvalue weighted by Crippen LogP contribution is 2.34. The fourth-order valence-electron chi connectivity index (χ4n) is 2.87. The molecule has 2 aromatic carbocycles. The number of carbonyl (C=O) groups is 1. The molecule has 0 saturated heterocycles. The molecule has 0 spiro atoms. The first kappa shape index (κ1) is 21.7. The zero-order valence-corrected chi connectivity index (χ0v) is 18.4. The number of carbonyl (C=O) groups excluding carboxylic acids is 1. The maximum atomic E-state index is 13.2. The lowest BCUT2D eigenvalue weighted by molar-refractivity contribution is -0.116. The smallest absolute Gasteiger partial charge is 0.246 e. The van der Waals surface area contributed by atoms with Gasteiger partial charge in [-0.1, -0.05) is 12.1 Å². The molecule has 1 aromatic heterocycles. The lowest BCUT2D eigenvalue weighted by Crippen LogP contribution is -2.21. The Morgan fingerprint density at radius 2 is 1.93 bits per heavy atom. The average molecular weight is 447 g/mol. The minimum absolute atomic E-state index is 0.0639. The van der Waals surface area contributed by atoms with E-state index in [2.05, 4.69) is 10.4 Å². The van der Waals surface area contributed by atoms with Crippen LogP contribution in [0.3, 0.4) is 0 Å². The third kappa shape index (κ3) is 4.44. The molecule has 0 unspecified atom stereocenters. The van der Waals surface area contributed by atoms with Crippen LogP contribution in [0.4, 0.5) is 11.5 Å². The van der Waals surface area contributed by atoms with Gasteiger partial charge >= 0.3 is 0 Å². The molecule has 0 aliphatic carbocycles. The standard InChI is InChI=1S/C20H22N4O4S2/c1-13-5-4-6-14(11-13)22-17(25)12-24-19(21)18(20(23-24)29-3)30(26,27)16-9-7-15(28-2)8-10-16/h4-11H,12,21H2,1-3H3,(H,22,25). The highest BCUT2D eigenvalue weighted by molar-refractivity contribution is 7.99. The van der Waals surface area contributed by atoms with Crippen LogP contribution in [-0.4, -0.2) is 37.5 Å². The predicted octanol–water partition coefficient (Wildman–Crippen LogP) is 2.98. The van der Waals surface area contributed by atoms with Gasteiger partial charge in [0.1, 0.15) is 28.0 Å². The minimum atomic E-state index is -3.93. The number of sulfone groups is 1. The van der Waals surface area contributed by atoms with Crippen LogP contribution in [-0.2, 0) is 21.2 Å². The van der Waals surface area contributed by atoms with Crippen molar-refractivity contribution in [1.82, 2.24) is 9.78 Å². The Hall–Kier alpha value is -2.98. The second-order valence-corrected chi connectivity index (χ2v) is 9.16. The largest absolute Gasteiger partial charge is 0.497 e. The Bertz CT molecular complexity index is 1170. The molecule has 3 rings (SSSR count). The van der Waals surface area contributed by atoms with E-state index in [-0.39, 0.29) is 33.1 Å². The van der Waals surface area contributed by atoms with E-state index in [0.717, 1.165) is 17.3 Å². The number of ether oxygens (including phenoxy) is 1. The zero-order valence-electron chi connectivity index (χ0n) is 16.7. The molecule has 0 atom stereocenters. The third-order valence-electron chi connectivity index (χ3n) is 4.34. The Morgan fingerprint density at radius 1 is 1.23 bits per heavy atom. The molecule has 0 aliphatic heterocycles. The van der Waals surface area contributed by atoms with Crippen LogP contribution in [0.1, 0.15) is 5.56 Å². The maximum Gasteiger partial charge on any atom is 0.246 e. The van der Waals surface area contributed by atoms with Crippen LogP contribution in [0.5, 0.6) is 5.75 Å². The van der Waals surface area contributed by atoms with Gasteiger partial charge in [-0.25, -0.2) is 13.1 Å². The van der Waals surface area contributed by atoms with Crippen molar-refractivity contribution in [1.29, 1.82) is 0 Å². The molecule has 0 fully saturated rings. The molecule has 10 heteroatoms. The quantitative estimate of drug-likeness (QED) is 0.536. The van der Waals surface area contributed by atoms with Gasteiger partial charge in [-0.3, -0.25) is 4.79 Å². The number of thioether (sulfide) groups is 1. The first-order chi connectivity index (χ1) is 14.3. The molecule has 0 saturated carbocycles. The molecule has 0 aliphatic rings. The summed E-state index contributed by atoms with van der Waals surface area (Å²) in [6, 6.07) is 13.4. The fourth-order valence-corrected chi connectivity index (χ4v) is 5.31. The number of nitrogens with zero attached hydrogens (tertiary/aromatic N) is 2. The van der Waals surface area contributed by atoms with Gasteiger partial charge < -0.3 is 15.8 Å². The molecule has 0 bridgehead atoms. The van der Waals surface area contributed by atoms with E-state index in [4.69, 9.17) is 10.5 Å². The van der Waals surface area contributed by atoms with E-state index in [1.807, 2.05) is 25.1 Å². The van der Waals surface area contributed by atoms with Crippen LogP contribution in [0.25, 0.3) is 0 Å². The number of aromatic nitrogens is 2. The van der Waals surface area contributed by atoms with Crippen LogP contribution >= 0.6 is 11.8 Å². The van der Waals surface area contributed by atoms with Crippen molar-refractivity contribution >= 4 is 39.0 Å². The molecular weight excluding hydrogens is 424 g/mol. The first-order valence-corrected chi connectivity index (χ1v) is 11.6. The van der Waals surface area contributed by atoms with Gasteiger partial charge in [0.25, 0.3) is 0 Å². The Morgan fingerprint density at radius 3 is 2.53 bits per heavy atom. The summed E-state index contributed by atoms with van der Waals surface area (Å²) in [5.74, 6) is 0.0842. The molecule has 0 radical (unpaired) electrons. The Labute approximate surface area is 179 Å². The number of methoxy groups -OCH3 is 1. The highest BCUT2D eigenvalue weighted by Gasteiger charge is 2.29. The van der Waals surface area contributed by atoms with Crippen LogP contribution < -0.4 is 15.8 Å². The van der Waals surface area contributed by atoms with Crippen molar-refractivity contribution < 1.29 is 17.9 Å². The van der Waals surface area contributed by atoms with Gasteiger partial charge in [-0.15, -0.1) is 11.8 Å². The lowest BCUT2D eigenvalue weighted by atomic mass is 10.2. The van der Waals surface area contributed by atoms with Gasteiger partial charge in [0, 0.05) is 5.69 Å². The number of rotatable bonds is 7. The van der Waals surface area contributed by atoms with E-state index in [0.29, 0.717) is 11.4 Å². The van der Waals surface area contributed by atoms with Crippen molar-refractivity contribution in [2.45, 2.75) is 28.3 Å². The first-order valence-electron chi connectivity index (χ1n) is 8.92. The summed E-state index contributed by atoms with van der Waals surface area (Å²) >= 11 is 1.15. The number of anilines is 2. The summed E-state index contributed by atoms with van der Waals surface area (Å²) in [6.07, 6.45) is 1.70. The molecule has 1 heterocycles. The van der Waals surface area contributed by atoms with E-state index in [1.165, 1.54) is 23.9 Å². The predicted molar refractivity (Wildman–Crippen MR) is 117 cm³/mol. The van der Waals surface area contributed by atoms with Crippen molar-refractivity contribution in [2.75, 3.05) is 24.4 Å². The summed E-state index contributed by atoms with van der Waals surface area (Å²) in [7, 11) is -2.43. The van der Waals surface area contributed by atoms with Crippen molar-refractivity contribution in [3.05, 3.63) is 54.1 Å². The minimum Gasteiger partial charge on any atom is -0.497 e. The molecule has 30 heavy (non-hydrogen) atoms. The number of hydrogen-bond acceptors (Lipinski definition) is 7. The Kier molecular flexibility index (Phi) is 6.37. The zero-order chi connectivity index (χ0) is 21.9. The van der Waals surface area contributed by atoms with Gasteiger partial charge in [0.05, 0.1) is 12.0 Å². The molecule has 158 valence electrons. The van der Waals surface area contributed by atoms with Crippen LogP contribution in [0.2, 0.25) is 0 Å². The van der Waals surface area contributed by atoms with E-state index >= 15 is 0 Å². The number of nitrogens with two attached hydrogens (primary N) is 1. The molecule has 3 aromatic rings. The van der Waals surface area contributed by atoms with Gasteiger partial charge in [-0.05, 0) is 55.1 Å². The second-order valence-electron chi connectivity index (χ2n) is 6.48. The molecular formula is C20H22N4O4S2. The molecule has 8 nitrogen and oxygen atoms in total. The van der Waals surface area contributed by atoms with E-state index < -0.39 is 9.84 Å². The molecule has 3 N–H and O–H groups in total. The maximum absolute atomic E-state index is 13.2. The van der Waals surface area contributed by atoms with Crippen molar-refractivity contribution in [3.8, 4) is 5.75 Å². The topological polar surface area (TPSA) is 116 Å². The number of hydrogen-bond donors (Lipinski definition) is 2. The SMILES string of the molecule is COc1ccc(S(=O)(=O)c2c(SC)nn(CC(=O)Nc3cccc(C)c3)c2N)cc1. The summed E-state index contributed by atoms with van der Waals surface area (Å²) in [4.78, 5) is 12.4. The summed E-state index contributed by atoms with van der Waals surface area (Å²) in [5, 5.41) is 7.23. The van der Waals surface area contributed by atoms with Crippen LogP contribution in [0, 0.1) is 6.92 Å². The summed E-state index contributed by atoms with van der Waals surface area (Å²) in [6.45, 7) is 1.70. The normalized spacial score (nSPS) is 11.3. The van der Waals surface area contributed by atoms with Gasteiger partial charge in [0.15, 0.2) is 0 Å². The number of amides is 1. The summed E-state index contributed by atoms with van der Waals surface area (Å²) in [5.41, 5.74) is 7.77. The number of benzene rings is 2. The Balaban J connectivity index is 1.91. The monoisotopic (exact) mass is 446 g/mol.